The molecule has 21 heavy (non-hydrogen) atoms. The minimum absolute atomic E-state index is 0.121. The molecule has 1 aromatic rings. The second-order valence-corrected chi connectivity index (χ2v) is 5.94. The monoisotopic (exact) mass is 291 g/mol. The number of hydrogen-bond donors (Lipinski definition) is 1. The molecule has 0 radical (unpaired) electrons. The lowest BCUT2D eigenvalue weighted by Gasteiger charge is -2.41. The topological polar surface area (TPSA) is 58.4 Å². The average molecular weight is 291 g/mol. The Morgan fingerprint density at radius 3 is 3.05 bits per heavy atom. The van der Waals surface area contributed by atoms with E-state index < -0.39 is 0 Å². The fourth-order valence-corrected chi connectivity index (χ4v) is 3.07. The molecule has 1 atom stereocenters. The van der Waals surface area contributed by atoms with Gasteiger partial charge in [-0.2, -0.15) is 5.10 Å². The van der Waals surface area contributed by atoms with Crippen LogP contribution in [0.15, 0.2) is 31.1 Å². The van der Waals surface area contributed by atoms with E-state index in [1.165, 1.54) is 0 Å². The van der Waals surface area contributed by atoms with E-state index in [1.807, 2.05) is 27.9 Å². The van der Waals surface area contributed by atoms with Crippen LogP contribution in [0, 0.1) is 5.41 Å². The molecule has 0 aromatic carbocycles. The molecule has 0 saturated carbocycles. The van der Waals surface area contributed by atoms with Crippen LogP contribution in [0.2, 0.25) is 0 Å². The Kier molecular flexibility index (Phi) is 5.56. The van der Waals surface area contributed by atoms with Gasteiger partial charge in [-0.3, -0.25) is 9.48 Å². The first-order valence-electron chi connectivity index (χ1n) is 7.66. The van der Waals surface area contributed by atoms with Gasteiger partial charge in [-0.15, -0.1) is 6.58 Å². The van der Waals surface area contributed by atoms with Crippen molar-refractivity contribution in [3.8, 4) is 0 Å². The molecular weight excluding hydrogens is 266 g/mol. The van der Waals surface area contributed by atoms with Crippen molar-refractivity contribution in [1.82, 2.24) is 14.7 Å². The number of amides is 1. The van der Waals surface area contributed by atoms with E-state index in [2.05, 4.69) is 11.7 Å². The lowest BCUT2D eigenvalue weighted by Crippen LogP contribution is -2.47. The summed E-state index contributed by atoms with van der Waals surface area (Å²) >= 11 is 0. The highest BCUT2D eigenvalue weighted by Gasteiger charge is 2.35. The predicted molar refractivity (Wildman–Crippen MR) is 81.6 cm³/mol. The van der Waals surface area contributed by atoms with Gasteiger partial charge in [0.1, 0.15) is 0 Å². The summed E-state index contributed by atoms with van der Waals surface area (Å²) in [5.74, 6) is 0.184. The van der Waals surface area contributed by atoms with Gasteiger partial charge in [0.05, 0.1) is 6.61 Å². The molecule has 5 nitrogen and oxygen atoms in total. The maximum absolute atomic E-state index is 12.3. The standard InChI is InChI=1S/C16H25N3O2/c1-2-7-16(14-20)8-4-10-18(13-16)15(21)6-3-11-19-12-5-9-17-19/h2,5,9,12,20H,1,3-4,6-8,10-11,13-14H2. The maximum atomic E-state index is 12.3. The van der Waals surface area contributed by atoms with Crippen LogP contribution in [-0.2, 0) is 11.3 Å². The summed E-state index contributed by atoms with van der Waals surface area (Å²) < 4.78 is 1.85. The highest BCUT2D eigenvalue weighted by atomic mass is 16.3. The van der Waals surface area contributed by atoms with Crippen LogP contribution in [-0.4, -0.2) is 45.4 Å². The van der Waals surface area contributed by atoms with E-state index in [9.17, 15) is 9.90 Å². The van der Waals surface area contributed by atoms with Gasteiger partial charge in [-0.1, -0.05) is 6.08 Å². The van der Waals surface area contributed by atoms with Crippen molar-refractivity contribution in [1.29, 1.82) is 0 Å². The molecule has 0 bridgehead atoms. The van der Waals surface area contributed by atoms with Crippen LogP contribution < -0.4 is 0 Å². The minimum Gasteiger partial charge on any atom is -0.396 e. The summed E-state index contributed by atoms with van der Waals surface area (Å²) in [6.45, 7) is 6.11. The van der Waals surface area contributed by atoms with Crippen molar-refractivity contribution in [2.24, 2.45) is 5.41 Å². The number of aliphatic hydroxyl groups excluding tert-OH is 1. The van der Waals surface area contributed by atoms with E-state index in [0.29, 0.717) is 13.0 Å². The second kappa shape index (κ2) is 7.41. The molecule has 0 aliphatic carbocycles. The summed E-state index contributed by atoms with van der Waals surface area (Å²) in [6.07, 6.45) is 9.53. The first-order chi connectivity index (χ1) is 10.2. The van der Waals surface area contributed by atoms with Crippen molar-refractivity contribution in [2.45, 2.75) is 38.6 Å². The molecule has 116 valence electrons. The lowest BCUT2D eigenvalue weighted by atomic mass is 9.77. The molecule has 1 unspecified atom stereocenters. The summed E-state index contributed by atoms with van der Waals surface area (Å²) in [6, 6.07) is 1.89. The first-order valence-corrected chi connectivity index (χ1v) is 7.66. The van der Waals surface area contributed by atoms with E-state index >= 15 is 0 Å². The third-order valence-corrected chi connectivity index (χ3v) is 4.26. The van der Waals surface area contributed by atoms with Gasteiger partial charge in [0.25, 0.3) is 0 Å². The quantitative estimate of drug-likeness (QED) is 0.780. The molecule has 1 amide bonds. The van der Waals surface area contributed by atoms with Crippen LogP contribution in [0.5, 0.6) is 0 Å². The summed E-state index contributed by atoms with van der Waals surface area (Å²) in [5.41, 5.74) is -0.183. The summed E-state index contributed by atoms with van der Waals surface area (Å²) in [5, 5.41) is 13.8. The van der Waals surface area contributed by atoms with Gasteiger partial charge < -0.3 is 10.0 Å². The number of piperidine rings is 1. The zero-order valence-electron chi connectivity index (χ0n) is 12.6. The van der Waals surface area contributed by atoms with Gasteiger partial charge in [0.2, 0.25) is 5.91 Å². The molecule has 0 spiro atoms. The Morgan fingerprint density at radius 1 is 1.52 bits per heavy atom. The molecule has 2 heterocycles. The van der Waals surface area contributed by atoms with E-state index in [-0.39, 0.29) is 17.9 Å². The van der Waals surface area contributed by atoms with Gasteiger partial charge in [0.15, 0.2) is 0 Å². The summed E-state index contributed by atoms with van der Waals surface area (Å²) in [4.78, 5) is 14.2. The van der Waals surface area contributed by atoms with Crippen LogP contribution >= 0.6 is 0 Å². The van der Waals surface area contributed by atoms with Gasteiger partial charge in [-0.25, -0.2) is 0 Å². The van der Waals surface area contributed by atoms with Gasteiger partial charge >= 0.3 is 0 Å². The Balaban J connectivity index is 1.82. The predicted octanol–water partition coefficient (Wildman–Crippen LogP) is 1.84. The number of likely N-dealkylation sites (tertiary alicyclic amines) is 1. The largest absolute Gasteiger partial charge is 0.396 e. The molecule has 1 aliphatic heterocycles. The SMILES string of the molecule is C=CCC1(CO)CCCN(C(=O)CCCn2cccn2)C1. The van der Waals surface area contributed by atoms with Crippen LogP contribution in [0.3, 0.4) is 0 Å². The number of rotatable bonds is 7. The molecule has 1 saturated heterocycles. The number of allylic oxidation sites excluding steroid dienone is 1. The summed E-state index contributed by atoms with van der Waals surface area (Å²) in [7, 11) is 0. The lowest BCUT2D eigenvalue weighted by molar-refractivity contribution is -0.135. The van der Waals surface area contributed by atoms with E-state index in [0.717, 1.165) is 38.8 Å². The number of carbonyl (C=O) groups is 1. The Hall–Kier alpha value is -1.62. The average Bonchev–Trinajstić information content (AvgIpc) is 3.01. The Morgan fingerprint density at radius 2 is 2.38 bits per heavy atom. The van der Waals surface area contributed by atoms with Crippen molar-refractivity contribution >= 4 is 5.91 Å². The Bertz CT molecular complexity index is 458. The molecule has 5 heteroatoms. The maximum Gasteiger partial charge on any atom is 0.222 e. The zero-order valence-corrected chi connectivity index (χ0v) is 12.6. The van der Waals surface area contributed by atoms with E-state index in [1.54, 1.807) is 6.20 Å². The third kappa shape index (κ3) is 4.17. The number of aromatic nitrogens is 2. The third-order valence-electron chi connectivity index (χ3n) is 4.26. The number of aliphatic hydroxyl groups is 1. The number of carbonyl (C=O) groups excluding carboxylic acids is 1. The molecular formula is C16H25N3O2. The molecule has 2 rings (SSSR count). The molecule has 1 aromatic heterocycles. The van der Waals surface area contributed by atoms with Gasteiger partial charge in [0, 0.05) is 43.9 Å². The van der Waals surface area contributed by atoms with Crippen LogP contribution in [0.25, 0.3) is 0 Å². The smallest absolute Gasteiger partial charge is 0.222 e. The number of hydrogen-bond acceptors (Lipinski definition) is 3. The van der Waals surface area contributed by atoms with Crippen molar-refractivity contribution in [2.75, 3.05) is 19.7 Å². The highest BCUT2D eigenvalue weighted by Crippen LogP contribution is 2.33. The fraction of sp³-hybridized carbons (Fsp3) is 0.625. The first kappa shape index (κ1) is 15.8. The van der Waals surface area contributed by atoms with Crippen molar-refractivity contribution < 1.29 is 9.90 Å². The van der Waals surface area contributed by atoms with Crippen molar-refractivity contribution in [3.05, 3.63) is 31.1 Å². The molecule has 1 N–H and O–H groups in total. The second-order valence-electron chi connectivity index (χ2n) is 5.94. The molecule has 1 fully saturated rings. The number of nitrogens with zero attached hydrogens (tertiary/aromatic N) is 3. The highest BCUT2D eigenvalue weighted by molar-refractivity contribution is 5.76. The van der Waals surface area contributed by atoms with Crippen LogP contribution in [0.4, 0.5) is 0 Å². The minimum atomic E-state index is -0.183. The van der Waals surface area contributed by atoms with Crippen molar-refractivity contribution in [3.63, 3.8) is 0 Å². The Labute approximate surface area is 126 Å². The van der Waals surface area contributed by atoms with Gasteiger partial charge in [-0.05, 0) is 31.7 Å². The number of aryl methyl sites for hydroxylation is 1. The fourth-order valence-electron chi connectivity index (χ4n) is 3.07. The van der Waals surface area contributed by atoms with Crippen LogP contribution in [0.1, 0.15) is 32.1 Å². The molecule has 1 aliphatic rings. The zero-order chi connectivity index (χ0) is 15.1. The van der Waals surface area contributed by atoms with E-state index in [4.69, 9.17) is 0 Å². The normalized spacial score (nSPS) is 22.2.